The van der Waals surface area contributed by atoms with Crippen molar-refractivity contribution in [3.05, 3.63) is 0 Å². The molecular weight excluding hydrogens is 186 g/mol. The minimum Gasteiger partial charge on any atom is -0.394 e. The van der Waals surface area contributed by atoms with Gasteiger partial charge in [-0.2, -0.15) is 0 Å². The molecule has 14 heavy (non-hydrogen) atoms. The molecule has 1 unspecified atom stereocenters. The number of aliphatic hydroxyl groups excluding tert-OH is 1. The molecule has 0 spiro atoms. The molecule has 6 nitrogen and oxygen atoms in total. The number of aliphatic hydroxyl groups is 1. The zero-order chi connectivity index (χ0) is 10.6. The van der Waals surface area contributed by atoms with E-state index in [1.54, 1.807) is 6.92 Å². The summed E-state index contributed by atoms with van der Waals surface area (Å²) in [4.78, 5) is 22.2. The highest BCUT2D eigenvalue weighted by Gasteiger charge is 2.24. The monoisotopic (exact) mass is 201 g/mol. The summed E-state index contributed by atoms with van der Waals surface area (Å²) in [5.74, 6) is -0.309. The van der Waals surface area contributed by atoms with E-state index in [2.05, 4.69) is 16.0 Å². The average molecular weight is 201 g/mol. The van der Waals surface area contributed by atoms with Gasteiger partial charge in [-0.3, -0.25) is 14.9 Å². The van der Waals surface area contributed by atoms with Crippen LogP contribution in [0.5, 0.6) is 0 Å². The number of carbonyl (C=O) groups excluding carboxylic acids is 2. The predicted molar refractivity (Wildman–Crippen MR) is 49.5 cm³/mol. The topological polar surface area (TPSA) is 90.5 Å². The fraction of sp³-hybridized carbons (Fsp3) is 0.750. The minimum absolute atomic E-state index is 0.0924. The molecule has 2 amide bonds. The van der Waals surface area contributed by atoms with Gasteiger partial charge in [-0.15, -0.1) is 0 Å². The third kappa shape index (κ3) is 2.97. The van der Waals surface area contributed by atoms with E-state index >= 15 is 0 Å². The Hall–Kier alpha value is -1.14. The standard InChI is InChI=1S/C8H15N3O3/c1-5(4-12)11-8(14)6-2-10-7(13)3-9-6/h5-6,9,12H,2-4H2,1H3,(H,10,13)(H,11,14)/t5-,6?/m0/s1. The van der Waals surface area contributed by atoms with Crippen LogP contribution in [-0.4, -0.2) is 48.7 Å². The fourth-order valence-electron chi connectivity index (χ4n) is 1.14. The molecule has 6 heteroatoms. The van der Waals surface area contributed by atoms with Gasteiger partial charge in [0, 0.05) is 12.6 Å². The summed E-state index contributed by atoms with van der Waals surface area (Å²) in [7, 11) is 0. The molecule has 0 bridgehead atoms. The summed E-state index contributed by atoms with van der Waals surface area (Å²) in [6, 6.07) is -0.663. The highest BCUT2D eigenvalue weighted by Crippen LogP contribution is 1.90. The van der Waals surface area contributed by atoms with Crippen LogP contribution < -0.4 is 16.0 Å². The van der Waals surface area contributed by atoms with Crippen molar-refractivity contribution in [3.63, 3.8) is 0 Å². The molecule has 1 heterocycles. The molecule has 1 rings (SSSR count). The third-order valence-corrected chi connectivity index (χ3v) is 1.99. The van der Waals surface area contributed by atoms with Crippen molar-refractivity contribution in [1.82, 2.24) is 16.0 Å². The molecule has 4 N–H and O–H groups in total. The van der Waals surface area contributed by atoms with Gasteiger partial charge in [-0.25, -0.2) is 0 Å². The maximum absolute atomic E-state index is 11.4. The van der Waals surface area contributed by atoms with Crippen LogP contribution in [0.1, 0.15) is 6.92 Å². The second kappa shape index (κ2) is 4.92. The average Bonchev–Trinajstić information content (AvgIpc) is 2.18. The Morgan fingerprint density at radius 3 is 3.00 bits per heavy atom. The van der Waals surface area contributed by atoms with Crippen LogP contribution in [0.25, 0.3) is 0 Å². The maximum atomic E-state index is 11.4. The van der Waals surface area contributed by atoms with E-state index in [9.17, 15) is 9.59 Å². The Bertz CT molecular complexity index is 222. The van der Waals surface area contributed by atoms with Crippen molar-refractivity contribution in [2.45, 2.75) is 19.0 Å². The number of rotatable bonds is 3. The van der Waals surface area contributed by atoms with Gasteiger partial charge in [0.15, 0.2) is 0 Å². The van der Waals surface area contributed by atoms with Gasteiger partial charge in [0.05, 0.1) is 13.2 Å². The third-order valence-electron chi connectivity index (χ3n) is 1.99. The Balaban J connectivity index is 2.34. The van der Waals surface area contributed by atoms with Crippen LogP contribution >= 0.6 is 0 Å². The van der Waals surface area contributed by atoms with Crippen LogP contribution in [0.2, 0.25) is 0 Å². The van der Waals surface area contributed by atoms with Crippen LogP contribution in [0.15, 0.2) is 0 Å². The lowest BCUT2D eigenvalue weighted by atomic mass is 10.2. The van der Waals surface area contributed by atoms with E-state index in [1.165, 1.54) is 0 Å². The van der Waals surface area contributed by atoms with Crippen LogP contribution in [0.4, 0.5) is 0 Å². The summed E-state index contributed by atoms with van der Waals surface area (Å²) >= 11 is 0. The number of carbonyl (C=O) groups is 2. The fourth-order valence-corrected chi connectivity index (χ4v) is 1.14. The van der Waals surface area contributed by atoms with Gasteiger partial charge in [0.25, 0.3) is 0 Å². The first kappa shape index (κ1) is 10.9. The largest absolute Gasteiger partial charge is 0.394 e. The number of amides is 2. The van der Waals surface area contributed by atoms with Crippen molar-refractivity contribution >= 4 is 11.8 Å². The lowest BCUT2D eigenvalue weighted by molar-refractivity contribution is -0.127. The Labute approximate surface area is 82.1 Å². The molecule has 1 aliphatic rings. The molecule has 0 aromatic rings. The molecule has 80 valence electrons. The minimum atomic E-state index is -0.401. The molecule has 0 aromatic carbocycles. The first-order valence-electron chi connectivity index (χ1n) is 4.55. The van der Waals surface area contributed by atoms with E-state index in [0.29, 0.717) is 6.54 Å². The summed E-state index contributed by atoms with van der Waals surface area (Å²) in [6.45, 7) is 2.07. The zero-order valence-corrected chi connectivity index (χ0v) is 8.04. The first-order valence-corrected chi connectivity index (χ1v) is 4.55. The van der Waals surface area contributed by atoms with Crippen LogP contribution in [-0.2, 0) is 9.59 Å². The van der Waals surface area contributed by atoms with E-state index in [4.69, 9.17) is 5.11 Å². The number of nitrogens with one attached hydrogen (secondary N) is 3. The van der Waals surface area contributed by atoms with Crippen LogP contribution in [0.3, 0.4) is 0 Å². The molecule has 0 radical (unpaired) electrons. The summed E-state index contributed by atoms with van der Waals surface area (Å²) in [6.07, 6.45) is 0. The number of piperazine rings is 1. The lowest BCUT2D eigenvalue weighted by Crippen LogP contribution is -2.59. The lowest BCUT2D eigenvalue weighted by Gasteiger charge is -2.24. The summed E-state index contributed by atoms with van der Waals surface area (Å²) in [5, 5.41) is 16.7. The predicted octanol–water partition coefficient (Wildman–Crippen LogP) is -2.43. The molecular formula is C8H15N3O3. The van der Waals surface area contributed by atoms with Crippen molar-refractivity contribution in [2.75, 3.05) is 19.7 Å². The molecule has 1 fully saturated rings. The molecule has 2 atom stereocenters. The smallest absolute Gasteiger partial charge is 0.239 e. The highest BCUT2D eigenvalue weighted by molar-refractivity contribution is 5.86. The van der Waals surface area contributed by atoms with Crippen molar-refractivity contribution in [3.8, 4) is 0 Å². The molecule has 1 saturated heterocycles. The molecule has 1 aliphatic heterocycles. The SMILES string of the molecule is C[C@@H](CO)NC(=O)C1CNC(=O)CN1. The number of hydrogen-bond acceptors (Lipinski definition) is 4. The quantitative estimate of drug-likeness (QED) is 0.409. The highest BCUT2D eigenvalue weighted by atomic mass is 16.3. The number of hydrogen-bond donors (Lipinski definition) is 4. The first-order chi connectivity index (χ1) is 6.63. The van der Waals surface area contributed by atoms with Gasteiger partial charge in [-0.1, -0.05) is 0 Å². The molecule has 0 saturated carbocycles. The van der Waals surface area contributed by atoms with Gasteiger partial charge >= 0.3 is 0 Å². The van der Waals surface area contributed by atoms with Crippen molar-refractivity contribution < 1.29 is 14.7 Å². The van der Waals surface area contributed by atoms with Gasteiger partial charge < -0.3 is 15.7 Å². The Kier molecular flexibility index (Phi) is 3.84. The molecule has 0 aromatic heterocycles. The summed E-state index contributed by atoms with van der Waals surface area (Å²) in [5.41, 5.74) is 0. The summed E-state index contributed by atoms with van der Waals surface area (Å²) < 4.78 is 0. The van der Waals surface area contributed by atoms with Crippen LogP contribution in [0, 0.1) is 0 Å². The Morgan fingerprint density at radius 1 is 1.79 bits per heavy atom. The van der Waals surface area contributed by atoms with E-state index in [1.807, 2.05) is 0 Å². The maximum Gasteiger partial charge on any atom is 0.239 e. The second-order valence-electron chi connectivity index (χ2n) is 3.33. The van der Waals surface area contributed by atoms with Crippen molar-refractivity contribution in [1.29, 1.82) is 0 Å². The van der Waals surface area contributed by atoms with E-state index < -0.39 is 6.04 Å². The Morgan fingerprint density at radius 2 is 2.50 bits per heavy atom. The van der Waals surface area contributed by atoms with E-state index in [0.717, 1.165) is 0 Å². The zero-order valence-electron chi connectivity index (χ0n) is 8.04. The van der Waals surface area contributed by atoms with E-state index in [-0.39, 0.29) is 31.0 Å². The van der Waals surface area contributed by atoms with Gasteiger partial charge in [0.2, 0.25) is 11.8 Å². The molecule has 0 aliphatic carbocycles. The second-order valence-corrected chi connectivity index (χ2v) is 3.33. The van der Waals surface area contributed by atoms with Gasteiger partial charge in [-0.05, 0) is 6.92 Å². The normalized spacial score (nSPS) is 23.9. The van der Waals surface area contributed by atoms with Crippen molar-refractivity contribution in [2.24, 2.45) is 0 Å². The van der Waals surface area contributed by atoms with Gasteiger partial charge in [0.1, 0.15) is 6.04 Å².